The summed E-state index contributed by atoms with van der Waals surface area (Å²) < 4.78 is 19.5. The number of aromatic nitrogens is 2. The van der Waals surface area contributed by atoms with E-state index in [1.165, 1.54) is 27.8 Å². The molecule has 3 aliphatic rings. The Morgan fingerprint density at radius 1 is 0.955 bits per heavy atom. The van der Waals surface area contributed by atoms with Gasteiger partial charge in [-0.25, -0.2) is 4.79 Å². The minimum atomic E-state index is -0.608. The molecule has 2 N–H and O–H groups in total. The van der Waals surface area contributed by atoms with E-state index in [4.69, 9.17) is 19.3 Å². The molecule has 1 aromatic heterocycles. The van der Waals surface area contributed by atoms with Gasteiger partial charge in [0.1, 0.15) is 0 Å². The van der Waals surface area contributed by atoms with Crippen LogP contribution in [0.15, 0.2) is 83.4 Å². The fraction of sp³-hybridized carbons (Fsp3) is 0.371. The van der Waals surface area contributed by atoms with Gasteiger partial charge in [0.2, 0.25) is 6.29 Å². The van der Waals surface area contributed by atoms with Crippen LogP contribution in [0.1, 0.15) is 47.9 Å². The summed E-state index contributed by atoms with van der Waals surface area (Å²) in [6.45, 7) is 1.88. The van der Waals surface area contributed by atoms with Crippen LogP contribution in [0.25, 0.3) is 22.2 Å². The summed E-state index contributed by atoms with van der Waals surface area (Å²) in [6.07, 6.45) is 4.16. The monoisotopic (exact) mass is 595 g/mol. The number of likely N-dealkylation sites (tertiary alicyclic amines) is 1. The Bertz CT molecular complexity index is 1750. The fourth-order valence-electron chi connectivity index (χ4n) is 6.98. The largest absolute Gasteiger partial charge is 0.459 e. The number of carbonyl (C=O) groups excluding carboxylic acids is 1. The zero-order valence-corrected chi connectivity index (χ0v) is 24.6. The van der Waals surface area contributed by atoms with Crippen LogP contribution in [0.2, 0.25) is 0 Å². The number of nitrogens with one attached hydrogen (secondary N) is 1. The van der Waals surface area contributed by atoms with E-state index in [0.717, 1.165) is 17.5 Å². The number of H-pyrrole nitrogens is 1. The molecule has 0 spiro atoms. The quantitative estimate of drug-likeness (QED) is 0.243. The Hall–Kier alpha value is -4.18. The van der Waals surface area contributed by atoms with E-state index in [1.54, 1.807) is 0 Å². The number of fused-ring (bicyclic) bond motifs is 4. The van der Waals surface area contributed by atoms with Crippen molar-refractivity contribution in [1.82, 2.24) is 14.5 Å². The number of para-hydroxylation sites is 2. The van der Waals surface area contributed by atoms with E-state index < -0.39 is 6.29 Å². The van der Waals surface area contributed by atoms with Crippen LogP contribution in [-0.2, 0) is 25.4 Å². The molecule has 228 valence electrons. The lowest BCUT2D eigenvalue weighted by Crippen LogP contribution is -2.42. The molecule has 9 heteroatoms. The Morgan fingerprint density at radius 2 is 1.75 bits per heavy atom. The second-order valence-corrected chi connectivity index (χ2v) is 11.7. The lowest BCUT2D eigenvalue weighted by atomic mass is 9.87. The van der Waals surface area contributed by atoms with Gasteiger partial charge in [-0.1, -0.05) is 54.6 Å². The molecule has 44 heavy (non-hydrogen) atoms. The molecule has 0 saturated carbocycles. The molecule has 4 aromatic rings. The standard InChI is InChI=1S/C35H37N3O6/c39-16-17-42-18-19-43-33-22-24(27-8-5-9-28-26-7-2-1-6-23(26)20-29(27)28)21-32(44-33)34(40)37-14-12-25(13-15-37)38-31-11-4-3-10-30(31)36-35(38)41/h1-11,21,24-25,33,39H,12-20,22H2,(H,36,41)/t24-,33+/m0/s1. The molecular formula is C35H37N3O6. The molecule has 2 aliphatic heterocycles. The van der Waals surface area contributed by atoms with Gasteiger partial charge in [-0.15, -0.1) is 0 Å². The summed E-state index contributed by atoms with van der Waals surface area (Å²) in [5, 5.41) is 9.01. The normalized spacial score (nSPS) is 19.8. The topological polar surface area (TPSA) is 106 Å². The highest BCUT2D eigenvalue weighted by Crippen LogP contribution is 2.43. The van der Waals surface area contributed by atoms with Gasteiger partial charge in [0.15, 0.2) is 5.76 Å². The Kier molecular flexibility index (Phi) is 8.08. The highest BCUT2D eigenvalue weighted by atomic mass is 16.7. The van der Waals surface area contributed by atoms with Crippen molar-refractivity contribution in [2.75, 3.05) is 39.5 Å². The summed E-state index contributed by atoms with van der Waals surface area (Å²) in [6, 6.07) is 22.7. The number of aliphatic hydroxyl groups is 1. The van der Waals surface area contributed by atoms with Crippen molar-refractivity contribution >= 4 is 16.9 Å². The number of amides is 1. The summed E-state index contributed by atoms with van der Waals surface area (Å²) in [4.78, 5) is 31.5. The maximum atomic E-state index is 13.9. The molecular weight excluding hydrogens is 558 g/mol. The number of aromatic amines is 1. The van der Waals surface area contributed by atoms with Crippen LogP contribution in [-0.4, -0.2) is 71.3 Å². The van der Waals surface area contributed by atoms with Gasteiger partial charge in [-0.05, 0) is 65.3 Å². The van der Waals surface area contributed by atoms with Crippen molar-refractivity contribution in [3.63, 3.8) is 0 Å². The lowest BCUT2D eigenvalue weighted by Gasteiger charge is -2.35. The average Bonchev–Trinajstić information content (AvgIpc) is 3.61. The predicted molar refractivity (Wildman–Crippen MR) is 166 cm³/mol. The molecule has 1 aliphatic carbocycles. The second kappa shape index (κ2) is 12.4. The number of imidazole rings is 1. The summed E-state index contributed by atoms with van der Waals surface area (Å²) in [7, 11) is 0. The van der Waals surface area contributed by atoms with Gasteiger partial charge >= 0.3 is 5.69 Å². The first-order chi connectivity index (χ1) is 21.6. The fourth-order valence-corrected chi connectivity index (χ4v) is 6.98. The minimum absolute atomic E-state index is 0.0141. The van der Waals surface area contributed by atoms with Gasteiger partial charge < -0.3 is 29.2 Å². The highest BCUT2D eigenvalue weighted by molar-refractivity contribution is 5.92. The van der Waals surface area contributed by atoms with Crippen LogP contribution in [0.4, 0.5) is 0 Å². The number of nitrogens with zero attached hydrogens (tertiary/aromatic N) is 2. The molecule has 3 aromatic carbocycles. The highest BCUT2D eigenvalue weighted by Gasteiger charge is 2.35. The van der Waals surface area contributed by atoms with Crippen molar-refractivity contribution in [3.05, 3.63) is 106 Å². The average molecular weight is 596 g/mol. The first-order valence-corrected chi connectivity index (χ1v) is 15.5. The first-order valence-electron chi connectivity index (χ1n) is 15.5. The number of allylic oxidation sites excluding steroid dienone is 1. The second-order valence-electron chi connectivity index (χ2n) is 11.7. The number of benzene rings is 3. The zero-order chi connectivity index (χ0) is 30.0. The van der Waals surface area contributed by atoms with Crippen LogP contribution in [0, 0.1) is 0 Å². The maximum absolute atomic E-state index is 13.9. The maximum Gasteiger partial charge on any atom is 0.326 e. The summed E-state index contributed by atoms with van der Waals surface area (Å²) in [5.41, 5.74) is 7.91. The number of hydrogen-bond donors (Lipinski definition) is 2. The van der Waals surface area contributed by atoms with E-state index in [-0.39, 0.29) is 36.8 Å². The number of hydrogen-bond acceptors (Lipinski definition) is 6. The molecule has 9 nitrogen and oxygen atoms in total. The molecule has 7 rings (SSSR count). The number of carbonyl (C=O) groups is 1. The number of aliphatic hydroxyl groups excluding tert-OH is 1. The lowest BCUT2D eigenvalue weighted by molar-refractivity contribution is -0.157. The number of piperidine rings is 1. The van der Waals surface area contributed by atoms with Crippen LogP contribution >= 0.6 is 0 Å². The van der Waals surface area contributed by atoms with Crippen LogP contribution < -0.4 is 5.69 Å². The van der Waals surface area contributed by atoms with E-state index in [2.05, 4.69) is 47.4 Å². The van der Waals surface area contributed by atoms with Crippen LogP contribution in [0.3, 0.4) is 0 Å². The van der Waals surface area contributed by atoms with Crippen molar-refractivity contribution in [3.8, 4) is 11.1 Å². The van der Waals surface area contributed by atoms with Crippen molar-refractivity contribution in [2.24, 2.45) is 0 Å². The predicted octanol–water partition coefficient (Wildman–Crippen LogP) is 4.50. The van der Waals surface area contributed by atoms with Gasteiger partial charge in [0, 0.05) is 31.5 Å². The molecule has 2 atom stereocenters. The minimum Gasteiger partial charge on any atom is -0.459 e. The third kappa shape index (κ3) is 5.47. The van der Waals surface area contributed by atoms with Crippen molar-refractivity contribution in [1.29, 1.82) is 0 Å². The summed E-state index contributed by atoms with van der Waals surface area (Å²) >= 11 is 0. The van der Waals surface area contributed by atoms with E-state index >= 15 is 0 Å². The molecule has 0 unspecified atom stereocenters. The molecule has 0 bridgehead atoms. The third-order valence-corrected chi connectivity index (χ3v) is 9.06. The van der Waals surface area contributed by atoms with Gasteiger partial charge in [0.05, 0.1) is 37.5 Å². The number of rotatable bonds is 9. The Labute approximate surface area is 255 Å². The smallest absolute Gasteiger partial charge is 0.326 e. The van der Waals surface area contributed by atoms with E-state index in [0.29, 0.717) is 51.3 Å². The molecule has 1 amide bonds. The third-order valence-electron chi connectivity index (χ3n) is 9.06. The molecule has 0 radical (unpaired) electrons. The van der Waals surface area contributed by atoms with E-state index in [1.807, 2.05) is 39.8 Å². The zero-order valence-electron chi connectivity index (χ0n) is 24.6. The molecule has 1 fully saturated rings. The van der Waals surface area contributed by atoms with Crippen molar-refractivity contribution < 1.29 is 24.1 Å². The SMILES string of the molecule is O=C(C1=C[C@H](c2cccc3c2Cc2ccccc2-3)C[C@H](OCCOCCO)O1)N1CCC(n2c(=O)[nH]c3ccccc32)CC1. The van der Waals surface area contributed by atoms with Crippen LogP contribution in [0.5, 0.6) is 0 Å². The van der Waals surface area contributed by atoms with Crippen molar-refractivity contribution in [2.45, 2.75) is 43.9 Å². The number of ether oxygens (including phenoxy) is 3. The van der Waals surface area contributed by atoms with E-state index in [9.17, 15) is 9.59 Å². The summed E-state index contributed by atoms with van der Waals surface area (Å²) in [5.74, 6) is 0.0939. The van der Waals surface area contributed by atoms with Gasteiger partial charge in [-0.3, -0.25) is 9.36 Å². The van der Waals surface area contributed by atoms with Gasteiger partial charge in [0.25, 0.3) is 5.91 Å². The van der Waals surface area contributed by atoms with Gasteiger partial charge in [-0.2, -0.15) is 0 Å². The first kappa shape index (κ1) is 28.6. The Balaban J connectivity index is 1.11. The molecule has 3 heterocycles. The Morgan fingerprint density at radius 3 is 2.61 bits per heavy atom. The molecule has 1 saturated heterocycles.